The number of benzene rings is 12. The molecule has 418 valence electrons. The molecule has 0 unspecified atom stereocenters. The molecule has 0 aliphatic heterocycles. The van der Waals surface area contributed by atoms with Crippen molar-refractivity contribution in [3.05, 3.63) is 253 Å². The van der Waals surface area contributed by atoms with Crippen LogP contribution >= 0.6 is 22.7 Å². The predicted octanol–water partition coefficient (Wildman–Crippen LogP) is 22.4. The highest BCUT2D eigenvalue weighted by Gasteiger charge is 2.38. The van der Waals surface area contributed by atoms with Crippen molar-refractivity contribution in [3.8, 4) is 39.9 Å². The molecule has 0 aliphatic rings. The van der Waals surface area contributed by atoms with Crippen LogP contribution < -0.4 is 0 Å². The average molecular weight is 1190 g/mol. The van der Waals surface area contributed by atoms with E-state index >= 15 is 26.3 Å². The topological polar surface area (TPSA) is 43.5 Å². The number of alkyl halides is 6. The summed E-state index contributed by atoms with van der Waals surface area (Å²) in [7, 11) is 0. The van der Waals surface area contributed by atoms with E-state index in [1.54, 1.807) is 22.7 Å². The van der Waals surface area contributed by atoms with Crippen LogP contribution in [0.5, 0.6) is 0 Å². The summed E-state index contributed by atoms with van der Waals surface area (Å²) in [5.41, 5.74) is 6.73. The molecule has 0 radical (unpaired) electrons. The van der Waals surface area contributed by atoms with Gasteiger partial charge < -0.3 is 18.3 Å². The molecule has 12 aromatic carbocycles. The molecule has 0 fully saturated rings. The number of aromatic nitrogens is 4. The summed E-state index contributed by atoms with van der Waals surface area (Å²) in [5.74, 6) is 0. The van der Waals surface area contributed by atoms with Crippen LogP contribution in [-0.2, 0) is 12.4 Å². The zero-order valence-electron chi connectivity index (χ0n) is 45.8. The van der Waals surface area contributed by atoms with Crippen molar-refractivity contribution in [2.75, 3.05) is 0 Å². The van der Waals surface area contributed by atoms with E-state index in [2.05, 4.69) is 88.0 Å². The summed E-state index contributed by atoms with van der Waals surface area (Å²) in [4.78, 5) is 0. The van der Waals surface area contributed by atoms with Crippen LogP contribution in [-0.4, -0.2) is 18.3 Å². The van der Waals surface area contributed by atoms with E-state index in [-0.39, 0.29) is 5.56 Å². The van der Waals surface area contributed by atoms with Crippen LogP contribution in [0.25, 0.3) is 161 Å². The smallest absolute Gasteiger partial charge is 0.306 e. The first-order chi connectivity index (χ1) is 42.9. The second kappa shape index (κ2) is 18.2. The normalized spacial score (nSPS) is 12.6. The van der Waals surface area contributed by atoms with Crippen LogP contribution in [0, 0.1) is 11.3 Å². The lowest BCUT2D eigenvalue weighted by molar-refractivity contribution is -0.138. The number of nitrogens with zero attached hydrogens (tertiary/aromatic N) is 5. The van der Waals surface area contributed by atoms with E-state index in [0.29, 0.717) is 77.5 Å². The van der Waals surface area contributed by atoms with Gasteiger partial charge in [0.1, 0.15) is 11.6 Å². The van der Waals surface area contributed by atoms with E-state index < -0.39 is 23.5 Å². The Morgan fingerprint density at radius 1 is 0.307 bits per heavy atom. The highest BCUT2D eigenvalue weighted by molar-refractivity contribution is 7.27. The predicted molar refractivity (Wildman–Crippen MR) is 350 cm³/mol. The molecule has 18 aromatic rings. The fourth-order valence-corrected chi connectivity index (χ4v) is 16.7. The standard InChI is InChI=1S/C75H39F6N5S2/c76-74(77,78)42-30-36-61-54(38-42)46-20-6-10-24-57(46)83(61)70-65(41-16-2-1-3-17-41)71(84-58-25-11-7-21-47(58)55-39-43(75(79,80)81)31-37-62(55)84)67(86-60-27-13-5-19-45(60)51-33-35-53-49-23-9-15-29-64(49)88-73(53)69(51)86)56(40-82)66(70)85-59-26-12-4-18-44(59)50-32-34-52-48-22-8-14-28-63(48)87-72(52)68(50)85/h1-39H. The minimum atomic E-state index is -4.69. The van der Waals surface area contributed by atoms with E-state index in [4.69, 9.17) is 0 Å². The summed E-state index contributed by atoms with van der Waals surface area (Å²) in [6.07, 6.45) is -9.38. The van der Waals surface area contributed by atoms with Crippen LogP contribution in [0.2, 0.25) is 0 Å². The van der Waals surface area contributed by atoms with E-state index in [0.717, 1.165) is 96.1 Å². The van der Waals surface area contributed by atoms with Crippen molar-refractivity contribution in [1.82, 2.24) is 18.3 Å². The molecule has 0 N–H and O–H groups in total. The minimum absolute atomic E-state index is 0.196. The molecular weight excluding hydrogens is 1150 g/mol. The van der Waals surface area contributed by atoms with Crippen molar-refractivity contribution in [3.63, 3.8) is 0 Å². The van der Waals surface area contributed by atoms with Crippen LogP contribution in [0.3, 0.4) is 0 Å². The Labute approximate surface area is 502 Å². The molecule has 0 atom stereocenters. The number of halogens is 6. The molecule has 6 heterocycles. The Bertz CT molecular complexity index is 5780. The largest absolute Gasteiger partial charge is 0.416 e. The van der Waals surface area contributed by atoms with Crippen LogP contribution in [0.15, 0.2) is 237 Å². The molecule has 6 aromatic heterocycles. The van der Waals surface area contributed by atoms with Gasteiger partial charge >= 0.3 is 12.4 Å². The molecule has 0 amide bonds. The number of thiophene rings is 2. The SMILES string of the molecule is N#Cc1c(-n2c3ccccc3c3ccc4c5ccccc5sc4c32)c(-n2c3ccccc3c3cc(C(F)(F)F)ccc32)c(-c2ccccc2)c(-n2c3ccccc3c3cc(C(F)(F)F)ccc32)c1-n1c2ccccc2c2ccc3c4ccccc4sc3c21. The minimum Gasteiger partial charge on any atom is -0.306 e. The van der Waals surface area contributed by atoms with E-state index in [9.17, 15) is 5.26 Å². The van der Waals surface area contributed by atoms with Gasteiger partial charge in [-0.3, -0.25) is 0 Å². The van der Waals surface area contributed by atoms with Gasteiger partial charge in [-0.15, -0.1) is 22.7 Å². The van der Waals surface area contributed by atoms with Gasteiger partial charge in [0.05, 0.1) is 87.4 Å². The Morgan fingerprint density at radius 3 is 1.06 bits per heavy atom. The Hall–Kier alpha value is -10.7. The third kappa shape index (κ3) is 6.92. The molecule has 0 saturated heterocycles. The lowest BCUT2D eigenvalue weighted by Gasteiger charge is -2.29. The number of hydrogen-bond donors (Lipinski definition) is 0. The fraction of sp³-hybridized carbons (Fsp3) is 0.0267. The molecule has 0 aliphatic carbocycles. The van der Waals surface area contributed by atoms with E-state index in [1.165, 1.54) is 24.3 Å². The summed E-state index contributed by atoms with van der Waals surface area (Å²) in [5, 5.41) is 22.7. The summed E-state index contributed by atoms with van der Waals surface area (Å²) in [6, 6.07) is 76.7. The number of fused-ring (bicyclic) bond motifs is 20. The van der Waals surface area contributed by atoms with Crippen LogP contribution in [0.1, 0.15) is 16.7 Å². The number of nitriles is 1. The highest BCUT2D eigenvalue weighted by atomic mass is 32.1. The molecule has 88 heavy (non-hydrogen) atoms. The summed E-state index contributed by atoms with van der Waals surface area (Å²) < 4.78 is 104. The van der Waals surface area contributed by atoms with Gasteiger partial charge in [-0.1, -0.05) is 164 Å². The zero-order valence-corrected chi connectivity index (χ0v) is 47.5. The first kappa shape index (κ1) is 50.7. The van der Waals surface area contributed by atoms with Crippen molar-refractivity contribution < 1.29 is 26.3 Å². The number of rotatable bonds is 5. The number of hydrogen-bond acceptors (Lipinski definition) is 3. The van der Waals surface area contributed by atoms with Crippen molar-refractivity contribution >= 4 is 150 Å². The first-order valence-corrected chi connectivity index (χ1v) is 30.2. The van der Waals surface area contributed by atoms with Gasteiger partial charge in [-0.2, -0.15) is 31.6 Å². The monoisotopic (exact) mass is 1190 g/mol. The molecular formula is C75H39F6N5S2. The quantitative estimate of drug-likeness (QED) is 0.158. The third-order valence-corrected chi connectivity index (χ3v) is 20.2. The maximum absolute atomic E-state index is 15.2. The van der Waals surface area contributed by atoms with E-state index in [1.807, 2.05) is 137 Å². The first-order valence-electron chi connectivity index (χ1n) is 28.5. The van der Waals surface area contributed by atoms with Crippen molar-refractivity contribution in [2.24, 2.45) is 0 Å². The second-order valence-electron chi connectivity index (χ2n) is 22.4. The Morgan fingerprint density at radius 2 is 0.648 bits per heavy atom. The molecule has 13 heteroatoms. The maximum atomic E-state index is 15.2. The van der Waals surface area contributed by atoms with Gasteiger partial charge in [-0.05, 0) is 78.4 Å². The molecule has 0 spiro atoms. The maximum Gasteiger partial charge on any atom is 0.416 e. The zero-order chi connectivity index (χ0) is 59.1. The second-order valence-corrected chi connectivity index (χ2v) is 24.5. The fourth-order valence-electron chi connectivity index (χ4n) is 14.3. The van der Waals surface area contributed by atoms with Crippen molar-refractivity contribution in [2.45, 2.75) is 12.4 Å². The third-order valence-electron chi connectivity index (χ3n) is 17.8. The summed E-state index contributed by atoms with van der Waals surface area (Å²) in [6.45, 7) is 0. The van der Waals surface area contributed by atoms with Gasteiger partial charge in [0, 0.05) is 79.6 Å². The average Bonchev–Trinajstić information content (AvgIpc) is 1.51. The molecule has 0 bridgehead atoms. The van der Waals surface area contributed by atoms with Gasteiger partial charge in [0.15, 0.2) is 0 Å². The van der Waals surface area contributed by atoms with Crippen molar-refractivity contribution in [1.29, 1.82) is 5.26 Å². The van der Waals surface area contributed by atoms with Gasteiger partial charge in [-0.25, -0.2) is 0 Å². The lowest BCUT2D eigenvalue weighted by atomic mass is 9.93. The molecule has 5 nitrogen and oxygen atoms in total. The number of para-hydroxylation sites is 4. The Balaban J connectivity index is 1.19. The van der Waals surface area contributed by atoms with Gasteiger partial charge in [0.2, 0.25) is 0 Å². The Kier molecular flexibility index (Phi) is 10.5. The van der Waals surface area contributed by atoms with Gasteiger partial charge in [0.25, 0.3) is 0 Å². The highest BCUT2D eigenvalue weighted by Crippen LogP contribution is 2.55. The molecule has 0 saturated carbocycles. The molecule has 18 rings (SSSR count). The summed E-state index contributed by atoms with van der Waals surface area (Å²) >= 11 is 3.30. The van der Waals surface area contributed by atoms with Crippen LogP contribution in [0.4, 0.5) is 26.3 Å². The lowest BCUT2D eigenvalue weighted by Crippen LogP contribution is -2.16.